The number of carbonyl (C=O) groups excluding carboxylic acids is 1. The second-order valence-corrected chi connectivity index (χ2v) is 8.75. The average molecular weight is 439 g/mol. The fourth-order valence-electron chi connectivity index (χ4n) is 3.30. The molecule has 0 fully saturated rings. The maximum atomic E-state index is 13.4. The third-order valence-electron chi connectivity index (χ3n) is 4.96. The molecule has 1 heterocycles. The molecule has 0 unspecified atom stereocenters. The number of allylic oxidation sites excluding steroid dienone is 1. The predicted octanol–water partition coefficient (Wildman–Crippen LogP) is 4.28. The van der Waals surface area contributed by atoms with Gasteiger partial charge in [-0.3, -0.25) is 14.9 Å². The van der Waals surface area contributed by atoms with E-state index in [2.05, 4.69) is 11.9 Å². The molecule has 8 nitrogen and oxygen atoms in total. The van der Waals surface area contributed by atoms with Crippen molar-refractivity contribution in [3.8, 4) is 0 Å². The van der Waals surface area contributed by atoms with Crippen LogP contribution in [0.1, 0.15) is 21.6 Å². The molecule has 2 aromatic carbocycles. The molecule has 0 bridgehead atoms. The van der Waals surface area contributed by atoms with Gasteiger partial charge in [0.25, 0.3) is 11.6 Å². The Labute approximate surface area is 179 Å². The fraction of sp³-hybridized carbons (Fsp3) is 0.136. The Bertz CT molecular complexity index is 1280. The summed E-state index contributed by atoms with van der Waals surface area (Å²) in [4.78, 5) is 23.4. The number of carbonyl (C=O) groups is 1. The molecule has 0 spiro atoms. The van der Waals surface area contributed by atoms with E-state index in [-0.39, 0.29) is 33.4 Å². The summed E-state index contributed by atoms with van der Waals surface area (Å²) < 4.78 is 28.5. The van der Waals surface area contributed by atoms with Crippen LogP contribution in [-0.2, 0) is 16.4 Å². The van der Waals surface area contributed by atoms with E-state index in [1.807, 2.05) is 0 Å². The van der Waals surface area contributed by atoms with Gasteiger partial charge < -0.3 is 9.88 Å². The zero-order chi connectivity index (χ0) is 22.8. The summed E-state index contributed by atoms with van der Waals surface area (Å²) in [6, 6.07) is 13.2. The van der Waals surface area contributed by atoms with Crippen LogP contribution in [0.25, 0.3) is 0 Å². The number of rotatable bonds is 7. The van der Waals surface area contributed by atoms with Gasteiger partial charge in [-0.15, -0.1) is 6.58 Å². The molecular formula is C22H21N3O5S. The SMILES string of the molecule is C=CCn1c(C)c(C)c(S(=O)(=O)c2ccccc2)c1NC(=O)c1cccc([N+](=O)[O-])c1. The normalized spacial score (nSPS) is 11.2. The van der Waals surface area contributed by atoms with Crippen LogP contribution in [-0.4, -0.2) is 23.8 Å². The summed E-state index contributed by atoms with van der Waals surface area (Å²) in [5, 5.41) is 13.7. The molecule has 0 aliphatic rings. The minimum Gasteiger partial charge on any atom is -0.327 e. The van der Waals surface area contributed by atoms with E-state index in [0.29, 0.717) is 11.3 Å². The summed E-state index contributed by atoms with van der Waals surface area (Å²) in [5.74, 6) is -0.564. The largest absolute Gasteiger partial charge is 0.327 e. The van der Waals surface area contributed by atoms with Gasteiger partial charge in [-0.25, -0.2) is 8.42 Å². The Kier molecular flexibility index (Phi) is 6.07. The lowest BCUT2D eigenvalue weighted by molar-refractivity contribution is -0.384. The van der Waals surface area contributed by atoms with Gasteiger partial charge in [-0.05, 0) is 37.6 Å². The van der Waals surface area contributed by atoms with Crippen LogP contribution in [0, 0.1) is 24.0 Å². The first-order valence-electron chi connectivity index (χ1n) is 9.35. The minimum absolute atomic E-state index is 0.0168. The van der Waals surface area contributed by atoms with Crippen molar-refractivity contribution in [1.29, 1.82) is 0 Å². The van der Waals surface area contributed by atoms with Crippen LogP contribution in [0.2, 0.25) is 0 Å². The highest BCUT2D eigenvalue weighted by Crippen LogP contribution is 2.35. The van der Waals surface area contributed by atoms with Gasteiger partial charge in [0.15, 0.2) is 0 Å². The summed E-state index contributed by atoms with van der Waals surface area (Å²) in [6.07, 6.45) is 1.59. The first-order chi connectivity index (χ1) is 14.7. The van der Waals surface area contributed by atoms with Crippen molar-refractivity contribution in [2.75, 3.05) is 5.32 Å². The first-order valence-corrected chi connectivity index (χ1v) is 10.8. The molecule has 0 aliphatic carbocycles. The number of nitro benzene ring substituents is 1. The van der Waals surface area contributed by atoms with Crippen LogP contribution in [0.5, 0.6) is 0 Å². The van der Waals surface area contributed by atoms with E-state index in [4.69, 9.17) is 0 Å². The Balaban J connectivity index is 2.16. The summed E-state index contributed by atoms with van der Waals surface area (Å²) >= 11 is 0. The molecule has 1 N–H and O–H groups in total. The molecule has 0 aliphatic heterocycles. The Morgan fingerprint density at radius 3 is 2.45 bits per heavy atom. The van der Waals surface area contributed by atoms with Crippen molar-refractivity contribution in [2.24, 2.45) is 0 Å². The number of sulfone groups is 1. The van der Waals surface area contributed by atoms with E-state index in [1.165, 1.54) is 30.3 Å². The molecule has 31 heavy (non-hydrogen) atoms. The number of aromatic nitrogens is 1. The highest BCUT2D eigenvalue weighted by atomic mass is 32.2. The van der Waals surface area contributed by atoms with E-state index in [9.17, 15) is 23.3 Å². The van der Waals surface area contributed by atoms with Gasteiger partial charge in [0.05, 0.1) is 9.82 Å². The molecule has 9 heteroatoms. The summed E-state index contributed by atoms with van der Waals surface area (Å²) in [7, 11) is -3.95. The third kappa shape index (κ3) is 4.13. The zero-order valence-electron chi connectivity index (χ0n) is 17.0. The topological polar surface area (TPSA) is 111 Å². The Morgan fingerprint density at radius 2 is 1.84 bits per heavy atom. The second-order valence-electron chi connectivity index (χ2n) is 6.87. The first kappa shape index (κ1) is 22.0. The van der Waals surface area contributed by atoms with Gasteiger partial charge in [0.2, 0.25) is 9.84 Å². The number of nitro groups is 1. The van der Waals surface area contributed by atoms with Crippen molar-refractivity contribution in [3.05, 3.63) is 94.2 Å². The minimum atomic E-state index is -3.95. The molecule has 3 aromatic rings. The van der Waals surface area contributed by atoms with Gasteiger partial charge in [0.1, 0.15) is 10.7 Å². The number of benzene rings is 2. The molecule has 160 valence electrons. The van der Waals surface area contributed by atoms with Crippen LogP contribution in [0.15, 0.2) is 77.0 Å². The monoisotopic (exact) mass is 439 g/mol. The van der Waals surface area contributed by atoms with Crippen LogP contribution >= 0.6 is 0 Å². The van der Waals surface area contributed by atoms with Gasteiger partial charge in [-0.2, -0.15) is 0 Å². The van der Waals surface area contributed by atoms with Gasteiger partial charge in [-0.1, -0.05) is 30.3 Å². The van der Waals surface area contributed by atoms with E-state index in [1.54, 1.807) is 42.7 Å². The number of anilines is 1. The fourth-order valence-corrected chi connectivity index (χ4v) is 5.02. The van der Waals surface area contributed by atoms with E-state index >= 15 is 0 Å². The summed E-state index contributed by atoms with van der Waals surface area (Å²) in [5.41, 5.74) is 0.960. The molecule has 0 atom stereocenters. The standard InChI is InChI=1S/C22H21N3O5S/c1-4-13-24-16(3)15(2)20(31(29,30)19-11-6-5-7-12-19)21(24)23-22(26)17-9-8-10-18(14-17)25(27)28/h4-12,14H,1,13H2,2-3H3,(H,23,26). The van der Waals surface area contributed by atoms with Crippen LogP contribution in [0.3, 0.4) is 0 Å². The number of hydrogen-bond acceptors (Lipinski definition) is 5. The van der Waals surface area contributed by atoms with Crippen LogP contribution < -0.4 is 5.32 Å². The Morgan fingerprint density at radius 1 is 1.16 bits per heavy atom. The smallest absolute Gasteiger partial charge is 0.270 e. The quantitative estimate of drug-likeness (QED) is 0.335. The van der Waals surface area contributed by atoms with Crippen molar-refractivity contribution in [1.82, 2.24) is 4.57 Å². The zero-order valence-corrected chi connectivity index (χ0v) is 17.8. The van der Waals surface area contributed by atoms with Gasteiger partial charge in [0, 0.05) is 29.9 Å². The second kappa shape index (κ2) is 8.57. The van der Waals surface area contributed by atoms with Crippen LogP contribution in [0.4, 0.5) is 11.5 Å². The number of nitrogens with one attached hydrogen (secondary N) is 1. The lowest BCUT2D eigenvalue weighted by Crippen LogP contribution is -2.18. The number of nitrogens with zero attached hydrogens (tertiary/aromatic N) is 2. The molecule has 1 amide bonds. The average Bonchev–Trinajstić information content (AvgIpc) is 2.99. The predicted molar refractivity (Wildman–Crippen MR) is 117 cm³/mol. The number of hydrogen-bond donors (Lipinski definition) is 1. The lowest BCUT2D eigenvalue weighted by Gasteiger charge is -2.13. The third-order valence-corrected chi connectivity index (χ3v) is 6.89. The highest BCUT2D eigenvalue weighted by Gasteiger charge is 2.30. The van der Waals surface area contributed by atoms with Crippen molar-refractivity contribution in [2.45, 2.75) is 30.2 Å². The highest BCUT2D eigenvalue weighted by molar-refractivity contribution is 7.91. The molecule has 1 aromatic heterocycles. The van der Waals surface area contributed by atoms with E-state index in [0.717, 1.165) is 6.07 Å². The molecule has 3 rings (SSSR count). The maximum absolute atomic E-state index is 13.4. The van der Waals surface area contributed by atoms with Gasteiger partial charge >= 0.3 is 0 Å². The molecule has 0 radical (unpaired) electrons. The van der Waals surface area contributed by atoms with Crippen molar-refractivity contribution < 1.29 is 18.1 Å². The maximum Gasteiger partial charge on any atom is 0.270 e. The summed E-state index contributed by atoms with van der Waals surface area (Å²) in [6.45, 7) is 7.40. The number of non-ortho nitro benzene ring substituents is 1. The lowest BCUT2D eigenvalue weighted by atomic mass is 10.2. The Hall–Kier alpha value is -3.72. The molecular weight excluding hydrogens is 418 g/mol. The molecule has 0 saturated heterocycles. The van der Waals surface area contributed by atoms with Crippen molar-refractivity contribution in [3.63, 3.8) is 0 Å². The van der Waals surface area contributed by atoms with Crippen molar-refractivity contribution >= 4 is 27.2 Å². The molecule has 0 saturated carbocycles. The van der Waals surface area contributed by atoms with E-state index < -0.39 is 20.7 Å². The number of amides is 1.